The Morgan fingerprint density at radius 1 is 1.40 bits per heavy atom. The lowest BCUT2D eigenvalue weighted by Gasteiger charge is -2.05. The largest absolute Gasteiger partial charge is 0.465 e. The summed E-state index contributed by atoms with van der Waals surface area (Å²) >= 11 is 3.43. The van der Waals surface area contributed by atoms with Crippen molar-refractivity contribution in [1.29, 1.82) is 0 Å². The molecule has 0 amide bonds. The fourth-order valence-corrected chi connectivity index (χ4v) is 1.65. The van der Waals surface area contributed by atoms with Crippen molar-refractivity contribution >= 4 is 21.9 Å². The van der Waals surface area contributed by atoms with Crippen molar-refractivity contribution < 1.29 is 9.53 Å². The molecule has 1 aromatic rings. The lowest BCUT2D eigenvalue weighted by Crippen LogP contribution is -2.12. The predicted molar refractivity (Wildman–Crippen MR) is 62.5 cm³/mol. The van der Waals surface area contributed by atoms with E-state index in [0.29, 0.717) is 13.2 Å². The Morgan fingerprint density at radius 2 is 2.13 bits per heavy atom. The molecule has 15 heavy (non-hydrogen) atoms. The van der Waals surface area contributed by atoms with Crippen LogP contribution in [0.4, 0.5) is 0 Å². The molecule has 0 aliphatic carbocycles. The first-order valence-electron chi connectivity index (χ1n) is 4.83. The number of rotatable bonds is 5. The molecule has 4 heteroatoms. The van der Waals surface area contributed by atoms with Crippen LogP contribution < -0.4 is 5.73 Å². The van der Waals surface area contributed by atoms with Crippen molar-refractivity contribution in [2.45, 2.75) is 12.8 Å². The maximum Gasteiger partial charge on any atom is 0.307 e. The zero-order chi connectivity index (χ0) is 11.1. The van der Waals surface area contributed by atoms with E-state index >= 15 is 0 Å². The molecule has 2 N–H and O–H groups in total. The number of carbonyl (C=O) groups is 1. The lowest BCUT2D eigenvalue weighted by molar-refractivity contribution is -0.143. The molecule has 0 bridgehead atoms. The van der Waals surface area contributed by atoms with Crippen LogP contribution in [0.1, 0.15) is 12.0 Å². The Bertz CT molecular complexity index is 328. The minimum Gasteiger partial charge on any atom is -0.465 e. The summed E-state index contributed by atoms with van der Waals surface area (Å²) < 4.78 is 6.04. The summed E-state index contributed by atoms with van der Waals surface area (Å²) in [4.78, 5) is 11.0. The summed E-state index contributed by atoms with van der Waals surface area (Å²) in [5, 5.41) is 0. The molecule has 0 saturated carbocycles. The normalized spacial score (nSPS) is 10.0. The molecule has 3 nitrogen and oxygen atoms in total. The van der Waals surface area contributed by atoms with E-state index < -0.39 is 0 Å². The number of benzene rings is 1. The van der Waals surface area contributed by atoms with Gasteiger partial charge in [-0.1, -0.05) is 34.1 Å². The van der Waals surface area contributed by atoms with Crippen LogP contribution in [0.5, 0.6) is 0 Å². The maximum absolute atomic E-state index is 11.0. The number of esters is 1. The van der Waals surface area contributed by atoms with Crippen molar-refractivity contribution in [3.63, 3.8) is 0 Å². The van der Waals surface area contributed by atoms with Gasteiger partial charge in [0.05, 0.1) is 13.0 Å². The Labute approximate surface area is 97.7 Å². The molecule has 82 valence electrons. The van der Waals surface area contributed by atoms with E-state index in [0.717, 1.165) is 16.5 Å². The molecule has 1 rings (SSSR count). The van der Waals surface area contributed by atoms with Gasteiger partial charge in [-0.2, -0.15) is 0 Å². The van der Waals surface area contributed by atoms with Gasteiger partial charge in [-0.15, -0.1) is 0 Å². The van der Waals surface area contributed by atoms with Crippen LogP contribution in [0.2, 0.25) is 0 Å². The van der Waals surface area contributed by atoms with Crippen LogP contribution in [0.25, 0.3) is 0 Å². The summed E-state index contributed by atoms with van der Waals surface area (Å²) in [6, 6.07) is 7.88. The van der Waals surface area contributed by atoms with Crippen molar-refractivity contribution in [3.8, 4) is 0 Å². The quantitative estimate of drug-likeness (QED) is 0.833. The number of nitrogens with two attached hydrogens (primary N) is 1. The fourth-order valence-electron chi connectivity index (χ4n) is 1.17. The van der Waals surface area contributed by atoms with Gasteiger partial charge in [-0.05, 0) is 11.6 Å². The summed E-state index contributed by atoms with van der Waals surface area (Å²) in [5.41, 5.74) is 6.37. The highest BCUT2D eigenvalue weighted by atomic mass is 79.9. The van der Waals surface area contributed by atoms with Crippen LogP contribution in [-0.2, 0) is 16.0 Å². The molecule has 0 unspecified atom stereocenters. The molecule has 0 spiro atoms. The Kier molecular flexibility index (Phi) is 5.36. The standard InChI is InChI=1S/C11H14BrNO2/c12-10-4-2-1-3-9(10)6-8-15-11(14)5-7-13/h1-4H,5-8,13H2. The SMILES string of the molecule is NCCC(=O)OCCc1ccccc1Br. The van der Waals surface area contributed by atoms with Crippen LogP contribution in [0.3, 0.4) is 0 Å². The van der Waals surface area contributed by atoms with Crippen LogP contribution in [0, 0.1) is 0 Å². The summed E-state index contributed by atoms with van der Waals surface area (Å²) in [6.45, 7) is 0.745. The second-order valence-electron chi connectivity index (χ2n) is 3.10. The molecule has 0 saturated heterocycles. The zero-order valence-electron chi connectivity index (χ0n) is 8.41. The third-order valence-electron chi connectivity index (χ3n) is 1.94. The second kappa shape index (κ2) is 6.58. The molecule has 0 atom stereocenters. The number of carbonyl (C=O) groups excluding carboxylic acids is 1. The molecule has 0 radical (unpaired) electrons. The van der Waals surface area contributed by atoms with E-state index in [1.165, 1.54) is 0 Å². The molecule has 0 fully saturated rings. The first kappa shape index (κ1) is 12.2. The summed E-state index contributed by atoms with van der Waals surface area (Å²) in [7, 11) is 0. The minimum atomic E-state index is -0.232. The van der Waals surface area contributed by atoms with E-state index in [4.69, 9.17) is 10.5 Å². The Balaban J connectivity index is 2.32. The molecule has 0 aliphatic rings. The van der Waals surface area contributed by atoms with Gasteiger partial charge in [-0.25, -0.2) is 0 Å². The molecule has 0 heterocycles. The topological polar surface area (TPSA) is 52.3 Å². The Morgan fingerprint density at radius 3 is 2.80 bits per heavy atom. The van der Waals surface area contributed by atoms with Gasteiger partial charge in [0.25, 0.3) is 0 Å². The van der Waals surface area contributed by atoms with Crippen LogP contribution in [-0.4, -0.2) is 19.1 Å². The maximum atomic E-state index is 11.0. The minimum absolute atomic E-state index is 0.232. The highest BCUT2D eigenvalue weighted by Gasteiger charge is 2.02. The van der Waals surface area contributed by atoms with Gasteiger partial charge in [0.1, 0.15) is 0 Å². The molecule has 0 aliphatic heterocycles. The predicted octanol–water partition coefficient (Wildman–Crippen LogP) is 1.88. The Hall–Kier alpha value is -0.870. The monoisotopic (exact) mass is 271 g/mol. The number of ether oxygens (including phenoxy) is 1. The zero-order valence-corrected chi connectivity index (χ0v) is 10.00. The van der Waals surface area contributed by atoms with Gasteiger partial charge in [-0.3, -0.25) is 4.79 Å². The third kappa shape index (κ3) is 4.44. The third-order valence-corrected chi connectivity index (χ3v) is 2.71. The average Bonchev–Trinajstić information content (AvgIpc) is 2.21. The first-order chi connectivity index (χ1) is 7.24. The van der Waals surface area contributed by atoms with Crippen molar-refractivity contribution in [2.24, 2.45) is 5.73 Å². The van der Waals surface area contributed by atoms with Gasteiger partial charge in [0.2, 0.25) is 0 Å². The van der Waals surface area contributed by atoms with E-state index in [1.54, 1.807) is 0 Å². The average molecular weight is 272 g/mol. The van der Waals surface area contributed by atoms with Gasteiger partial charge < -0.3 is 10.5 Å². The fraction of sp³-hybridized carbons (Fsp3) is 0.364. The number of halogens is 1. The lowest BCUT2D eigenvalue weighted by atomic mass is 10.2. The first-order valence-corrected chi connectivity index (χ1v) is 5.62. The van der Waals surface area contributed by atoms with E-state index in [1.807, 2.05) is 24.3 Å². The second-order valence-corrected chi connectivity index (χ2v) is 3.95. The number of hydrogen-bond donors (Lipinski definition) is 1. The van der Waals surface area contributed by atoms with Crippen molar-refractivity contribution in [1.82, 2.24) is 0 Å². The summed E-state index contributed by atoms with van der Waals surface area (Å²) in [6.07, 6.45) is 1.01. The highest BCUT2D eigenvalue weighted by Crippen LogP contribution is 2.16. The van der Waals surface area contributed by atoms with Gasteiger partial charge in [0.15, 0.2) is 0 Å². The molecule has 0 aromatic heterocycles. The van der Waals surface area contributed by atoms with Gasteiger partial charge >= 0.3 is 5.97 Å². The molecule has 1 aromatic carbocycles. The van der Waals surface area contributed by atoms with E-state index in [-0.39, 0.29) is 12.4 Å². The van der Waals surface area contributed by atoms with Crippen LogP contribution >= 0.6 is 15.9 Å². The van der Waals surface area contributed by atoms with Crippen molar-refractivity contribution in [2.75, 3.05) is 13.2 Å². The molecular formula is C11H14BrNO2. The van der Waals surface area contributed by atoms with E-state index in [2.05, 4.69) is 15.9 Å². The van der Waals surface area contributed by atoms with Gasteiger partial charge in [0, 0.05) is 17.4 Å². The van der Waals surface area contributed by atoms with Crippen molar-refractivity contribution in [3.05, 3.63) is 34.3 Å². The molecular weight excluding hydrogens is 258 g/mol. The number of hydrogen-bond acceptors (Lipinski definition) is 3. The summed E-state index contributed by atoms with van der Waals surface area (Å²) in [5.74, 6) is -0.232. The van der Waals surface area contributed by atoms with Crippen LogP contribution in [0.15, 0.2) is 28.7 Å². The highest BCUT2D eigenvalue weighted by molar-refractivity contribution is 9.10. The van der Waals surface area contributed by atoms with E-state index in [9.17, 15) is 4.79 Å². The smallest absolute Gasteiger partial charge is 0.307 e.